The van der Waals surface area contributed by atoms with Crippen molar-refractivity contribution in [2.75, 3.05) is 0 Å². The van der Waals surface area contributed by atoms with Crippen LogP contribution in [-0.2, 0) is 19.3 Å². The maximum Gasteiger partial charge on any atom is 0.416 e. The van der Waals surface area contributed by atoms with E-state index in [2.05, 4.69) is 11.4 Å². The van der Waals surface area contributed by atoms with Gasteiger partial charge in [0.15, 0.2) is 0 Å². The molecule has 0 aliphatic heterocycles. The Labute approximate surface area is 261 Å². The summed E-state index contributed by atoms with van der Waals surface area (Å²) in [4.78, 5) is 25.0. The number of hydrogen-bond donors (Lipinski definition) is 2. The van der Waals surface area contributed by atoms with Crippen molar-refractivity contribution in [3.05, 3.63) is 155 Å². The van der Waals surface area contributed by atoms with Crippen molar-refractivity contribution in [2.45, 2.75) is 19.3 Å². The third kappa shape index (κ3) is 6.53. The van der Waals surface area contributed by atoms with Crippen LogP contribution in [0.5, 0.6) is 0 Å². The number of carbonyl (C=O) groups is 2. The van der Waals surface area contributed by atoms with Crippen LogP contribution in [-0.4, -0.2) is 21.6 Å². The van der Waals surface area contributed by atoms with Crippen molar-refractivity contribution in [1.29, 1.82) is 0 Å². The van der Waals surface area contributed by atoms with E-state index in [-0.39, 0.29) is 28.8 Å². The smallest absolute Gasteiger partial charge is 0.416 e. The number of carboxylic acids is 1. The lowest BCUT2D eigenvalue weighted by atomic mass is 9.98. The van der Waals surface area contributed by atoms with Crippen LogP contribution in [0, 0.1) is 5.82 Å². The minimum absolute atomic E-state index is 0.0177. The molecule has 0 spiro atoms. The lowest BCUT2D eigenvalue weighted by Gasteiger charge is -2.15. The molecule has 1 amide bonds. The Morgan fingerprint density at radius 3 is 2.15 bits per heavy atom. The molecule has 0 unspecified atom stereocenters. The molecule has 230 valence electrons. The van der Waals surface area contributed by atoms with Gasteiger partial charge >= 0.3 is 12.1 Å². The van der Waals surface area contributed by atoms with Gasteiger partial charge in [-0.1, -0.05) is 60.7 Å². The number of halogens is 4. The standard InChI is InChI=1S/C37H26F4N2O3/c38-32-18-30(17-31(20-32)37(39,40)41)29-16-28-13-14-43(22-24-5-4-8-27(15-24)25-6-2-1-3-7-25)34(28)33(19-29)35(44)42-21-23-9-11-26(12-10-23)36(45)46/h1-20H,21-22H2,(H,42,44)(H,45,46). The molecule has 0 aliphatic carbocycles. The average molecular weight is 623 g/mol. The topological polar surface area (TPSA) is 71.3 Å². The number of nitrogens with one attached hydrogen (secondary N) is 1. The lowest BCUT2D eigenvalue weighted by molar-refractivity contribution is -0.137. The van der Waals surface area contributed by atoms with Gasteiger partial charge < -0.3 is 15.0 Å². The van der Waals surface area contributed by atoms with Gasteiger partial charge in [0.1, 0.15) is 5.82 Å². The highest BCUT2D eigenvalue weighted by molar-refractivity contribution is 6.08. The van der Waals surface area contributed by atoms with Crippen molar-refractivity contribution in [1.82, 2.24) is 9.88 Å². The van der Waals surface area contributed by atoms with E-state index in [9.17, 15) is 27.2 Å². The molecule has 1 aromatic heterocycles. The van der Waals surface area contributed by atoms with Gasteiger partial charge in [0.05, 0.1) is 22.2 Å². The Morgan fingerprint density at radius 2 is 1.43 bits per heavy atom. The van der Waals surface area contributed by atoms with Gasteiger partial charge in [0.25, 0.3) is 5.91 Å². The first-order chi connectivity index (χ1) is 22.0. The molecule has 1 heterocycles. The summed E-state index contributed by atoms with van der Waals surface area (Å²) in [6, 6.07) is 31.1. The normalized spacial score (nSPS) is 11.5. The Balaban J connectivity index is 1.40. The molecule has 0 bridgehead atoms. The van der Waals surface area contributed by atoms with Crippen LogP contribution in [0.4, 0.5) is 17.6 Å². The second kappa shape index (κ2) is 12.4. The summed E-state index contributed by atoms with van der Waals surface area (Å²) in [5, 5.41) is 12.6. The first-order valence-corrected chi connectivity index (χ1v) is 14.3. The van der Waals surface area contributed by atoms with Gasteiger partial charge in [0.2, 0.25) is 0 Å². The van der Waals surface area contributed by atoms with Gasteiger partial charge in [-0.15, -0.1) is 0 Å². The molecule has 0 atom stereocenters. The molecule has 0 radical (unpaired) electrons. The number of benzene rings is 5. The molecule has 6 rings (SSSR count). The van der Waals surface area contributed by atoms with Crippen molar-refractivity contribution in [3.63, 3.8) is 0 Å². The van der Waals surface area contributed by atoms with Gasteiger partial charge in [-0.3, -0.25) is 4.79 Å². The molecule has 0 aliphatic rings. The molecule has 0 saturated heterocycles. The summed E-state index contributed by atoms with van der Waals surface area (Å²) in [7, 11) is 0. The van der Waals surface area contributed by atoms with E-state index in [1.54, 1.807) is 30.5 Å². The fourth-order valence-corrected chi connectivity index (χ4v) is 5.46. The Morgan fingerprint density at radius 1 is 0.717 bits per heavy atom. The van der Waals surface area contributed by atoms with Crippen LogP contribution in [0.2, 0.25) is 0 Å². The van der Waals surface area contributed by atoms with Crippen molar-refractivity contribution >= 4 is 22.8 Å². The second-order valence-electron chi connectivity index (χ2n) is 10.9. The highest BCUT2D eigenvalue weighted by atomic mass is 19.4. The third-order valence-electron chi connectivity index (χ3n) is 7.70. The molecule has 0 saturated carbocycles. The molecule has 5 aromatic carbocycles. The summed E-state index contributed by atoms with van der Waals surface area (Å²) < 4.78 is 56.9. The van der Waals surface area contributed by atoms with E-state index in [0.717, 1.165) is 28.8 Å². The molecule has 6 aromatic rings. The minimum Gasteiger partial charge on any atom is -0.478 e. The lowest BCUT2D eigenvalue weighted by Crippen LogP contribution is -2.23. The summed E-state index contributed by atoms with van der Waals surface area (Å²) in [5.41, 5.74) is 3.64. The van der Waals surface area contributed by atoms with E-state index in [1.165, 1.54) is 18.2 Å². The monoisotopic (exact) mass is 622 g/mol. The number of nitrogens with zero attached hydrogens (tertiary/aromatic N) is 1. The molecular formula is C37H26F4N2O3. The van der Waals surface area contributed by atoms with E-state index in [0.29, 0.717) is 29.1 Å². The average Bonchev–Trinajstić information content (AvgIpc) is 3.45. The fraction of sp³-hybridized carbons (Fsp3) is 0.0811. The first kappa shape index (κ1) is 30.3. The number of fused-ring (bicyclic) bond motifs is 1. The number of carbonyl (C=O) groups excluding carboxylic acids is 1. The zero-order valence-corrected chi connectivity index (χ0v) is 24.2. The van der Waals surface area contributed by atoms with Crippen molar-refractivity contribution < 1.29 is 32.3 Å². The predicted octanol–water partition coefficient (Wildman–Crippen LogP) is 8.81. The van der Waals surface area contributed by atoms with Crippen LogP contribution < -0.4 is 5.32 Å². The zero-order chi connectivity index (χ0) is 32.4. The summed E-state index contributed by atoms with van der Waals surface area (Å²) >= 11 is 0. The highest BCUT2D eigenvalue weighted by Crippen LogP contribution is 2.35. The number of alkyl halides is 3. The number of aromatic nitrogens is 1. The van der Waals surface area contributed by atoms with Crippen LogP contribution in [0.1, 0.15) is 37.4 Å². The van der Waals surface area contributed by atoms with Crippen LogP contribution >= 0.6 is 0 Å². The van der Waals surface area contributed by atoms with E-state index >= 15 is 0 Å². The number of amides is 1. The van der Waals surface area contributed by atoms with Crippen LogP contribution in [0.15, 0.2) is 121 Å². The molecular weight excluding hydrogens is 596 g/mol. The molecule has 9 heteroatoms. The number of carboxylic acid groups (broad SMARTS) is 1. The van der Waals surface area contributed by atoms with Crippen molar-refractivity contribution in [3.8, 4) is 22.3 Å². The number of rotatable bonds is 8. The predicted molar refractivity (Wildman–Crippen MR) is 168 cm³/mol. The summed E-state index contributed by atoms with van der Waals surface area (Å²) in [6.45, 7) is 0.473. The summed E-state index contributed by atoms with van der Waals surface area (Å²) in [6.07, 6.45) is -2.95. The maximum absolute atomic E-state index is 14.4. The number of aromatic carboxylic acids is 1. The first-order valence-electron chi connectivity index (χ1n) is 14.3. The van der Waals surface area contributed by atoms with E-state index in [1.807, 2.05) is 53.1 Å². The maximum atomic E-state index is 14.4. The Kier molecular flexibility index (Phi) is 8.15. The SMILES string of the molecule is O=C(O)c1ccc(CNC(=O)c2cc(-c3cc(F)cc(C(F)(F)F)c3)cc3ccn(Cc4cccc(-c5ccccc5)c4)c23)cc1. The highest BCUT2D eigenvalue weighted by Gasteiger charge is 2.31. The third-order valence-corrected chi connectivity index (χ3v) is 7.70. The minimum atomic E-state index is -4.76. The fourth-order valence-electron chi connectivity index (χ4n) is 5.46. The Hall–Kier alpha value is -5.70. The molecule has 0 fully saturated rings. The molecule has 46 heavy (non-hydrogen) atoms. The molecule has 2 N–H and O–H groups in total. The van der Waals surface area contributed by atoms with Crippen molar-refractivity contribution in [2.24, 2.45) is 0 Å². The van der Waals surface area contributed by atoms with E-state index in [4.69, 9.17) is 5.11 Å². The van der Waals surface area contributed by atoms with Gasteiger partial charge in [-0.25, -0.2) is 9.18 Å². The van der Waals surface area contributed by atoms with E-state index < -0.39 is 29.4 Å². The second-order valence-corrected chi connectivity index (χ2v) is 10.9. The largest absolute Gasteiger partial charge is 0.478 e. The van der Waals surface area contributed by atoms with Crippen LogP contribution in [0.3, 0.4) is 0 Å². The van der Waals surface area contributed by atoms with Crippen LogP contribution in [0.25, 0.3) is 33.2 Å². The number of hydrogen-bond acceptors (Lipinski definition) is 2. The summed E-state index contributed by atoms with van der Waals surface area (Å²) in [5.74, 6) is -2.62. The van der Waals surface area contributed by atoms with Gasteiger partial charge in [0, 0.05) is 24.7 Å². The van der Waals surface area contributed by atoms with Gasteiger partial charge in [-0.2, -0.15) is 13.2 Å². The quantitative estimate of drug-likeness (QED) is 0.167. The van der Waals surface area contributed by atoms with Gasteiger partial charge in [-0.05, 0) is 88.0 Å². The Bertz CT molecular complexity index is 2070. The molecule has 5 nitrogen and oxygen atoms in total. The zero-order valence-electron chi connectivity index (χ0n) is 24.2.